The molecule has 0 radical (unpaired) electrons. The van der Waals surface area contributed by atoms with Crippen LogP contribution in [-0.2, 0) is 4.74 Å². The predicted molar refractivity (Wildman–Crippen MR) is 75.7 cm³/mol. The van der Waals surface area contributed by atoms with E-state index in [1.807, 2.05) is 25.1 Å². The van der Waals surface area contributed by atoms with Gasteiger partial charge in [0.15, 0.2) is 0 Å². The Labute approximate surface area is 117 Å². The van der Waals surface area contributed by atoms with Crippen molar-refractivity contribution in [3.05, 3.63) is 31.8 Å². The molecule has 0 bridgehead atoms. The first-order chi connectivity index (χ1) is 7.54. The number of methoxy groups -OCH3 is 1. The van der Waals surface area contributed by atoms with E-state index in [0.717, 1.165) is 8.04 Å². The summed E-state index contributed by atoms with van der Waals surface area (Å²) in [5.74, 6) is -0.0738. The standard InChI is InChI=1S/C11H13BrINO2/c1-7(6-16-2)14-11(15)9-5-8(12)3-4-10(9)13/h3-5,7H,6H2,1-2H3,(H,14,15). The van der Waals surface area contributed by atoms with E-state index in [4.69, 9.17) is 4.74 Å². The second-order valence-corrected chi connectivity index (χ2v) is 5.53. The summed E-state index contributed by atoms with van der Waals surface area (Å²) in [6.45, 7) is 2.42. The van der Waals surface area contributed by atoms with Crippen molar-refractivity contribution in [3.63, 3.8) is 0 Å². The lowest BCUT2D eigenvalue weighted by molar-refractivity contribution is 0.0904. The smallest absolute Gasteiger partial charge is 0.252 e. The lowest BCUT2D eigenvalue weighted by Crippen LogP contribution is -2.35. The van der Waals surface area contributed by atoms with Crippen molar-refractivity contribution < 1.29 is 9.53 Å². The number of hydrogen-bond donors (Lipinski definition) is 1. The fraction of sp³-hybridized carbons (Fsp3) is 0.364. The minimum absolute atomic E-state index is 0.00674. The van der Waals surface area contributed by atoms with Crippen molar-refractivity contribution in [3.8, 4) is 0 Å². The number of ether oxygens (including phenoxy) is 1. The van der Waals surface area contributed by atoms with Crippen LogP contribution in [0.15, 0.2) is 22.7 Å². The zero-order valence-electron chi connectivity index (χ0n) is 9.09. The molecule has 0 heterocycles. The van der Waals surface area contributed by atoms with Crippen molar-refractivity contribution in [2.75, 3.05) is 13.7 Å². The van der Waals surface area contributed by atoms with Crippen molar-refractivity contribution in [1.82, 2.24) is 5.32 Å². The molecule has 5 heteroatoms. The molecule has 0 saturated carbocycles. The third-order valence-electron chi connectivity index (χ3n) is 1.97. The topological polar surface area (TPSA) is 38.3 Å². The fourth-order valence-electron chi connectivity index (χ4n) is 1.26. The molecule has 0 fully saturated rings. The Balaban J connectivity index is 2.76. The molecule has 0 aliphatic carbocycles. The summed E-state index contributed by atoms with van der Waals surface area (Å²) in [6.07, 6.45) is 0. The second-order valence-electron chi connectivity index (χ2n) is 3.45. The zero-order valence-corrected chi connectivity index (χ0v) is 12.8. The van der Waals surface area contributed by atoms with Gasteiger partial charge in [0.25, 0.3) is 5.91 Å². The number of hydrogen-bond acceptors (Lipinski definition) is 2. The Morgan fingerprint density at radius 3 is 2.94 bits per heavy atom. The van der Waals surface area contributed by atoms with Gasteiger partial charge in [-0.05, 0) is 47.7 Å². The molecular formula is C11H13BrINO2. The number of amides is 1. The minimum Gasteiger partial charge on any atom is -0.383 e. The quantitative estimate of drug-likeness (QED) is 0.793. The molecule has 3 nitrogen and oxygen atoms in total. The highest BCUT2D eigenvalue weighted by atomic mass is 127. The van der Waals surface area contributed by atoms with Crippen LogP contribution in [0, 0.1) is 3.57 Å². The molecule has 0 saturated heterocycles. The van der Waals surface area contributed by atoms with E-state index in [-0.39, 0.29) is 11.9 Å². The first-order valence-electron chi connectivity index (χ1n) is 4.79. The van der Waals surface area contributed by atoms with Crippen LogP contribution in [0.4, 0.5) is 0 Å². The molecule has 0 aliphatic heterocycles. The van der Waals surface area contributed by atoms with E-state index in [1.165, 1.54) is 0 Å². The van der Waals surface area contributed by atoms with Crippen LogP contribution < -0.4 is 5.32 Å². The highest BCUT2D eigenvalue weighted by Gasteiger charge is 2.12. The molecule has 0 spiro atoms. The minimum atomic E-state index is -0.0738. The lowest BCUT2D eigenvalue weighted by atomic mass is 10.2. The highest BCUT2D eigenvalue weighted by Crippen LogP contribution is 2.18. The van der Waals surface area contributed by atoms with Crippen LogP contribution in [0.5, 0.6) is 0 Å². The summed E-state index contributed by atoms with van der Waals surface area (Å²) in [5.41, 5.74) is 0.679. The van der Waals surface area contributed by atoms with Gasteiger partial charge in [-0.3, -0.25) is 4.79 Å². The van der Waals surface area contributed by atoms with E-state index in [1.54, 1.807) is 7.11 Å². The molecule has 88 valence electrons. The summed E-state index contributed by atoms with van der Waals surface area (Å²) >= 11 is 5.50. The third-order valence-corrected chi connectivity index (χ3v) is 3.40. The van der Waals surface area contributed by atoms with Crippen LogP contribution in [0.1, 0.15) is 17.3 Å². The van der Waals surface area contributed by atoms with Crippen LogP contribution in [0.3, 0.4) is 0 Å². The van der Waals surface area contributed by atoms with E-state index >= 15 is 0 Å². The molecule has 16 heavy (non-hydrogen) atoms. The third kappa shape index (κ3) is 4.03. The summed E-state index contributed by atoms with van der Waals surface area (Å²) < 4.78 is 6.80. The molecule has 0 aliphatic rings. The maximum Gasteiger partial charge on any atom is 0.252 e. The van der Waals surface area contributed by atoms with Crippen LogP contribution in [0.2, 0.25) is 0 Å². The van der Waals surface area contributed by atoms with E-state index in [9.17, 15) is 4.79 Å². The number of halogens is 2. The fourth-order valence-corrected chi connectivity index (χ4v) is 2.21. The van der Waals surface area contributed by atoms with Crippen LogP contribution >= 0.6 is 38.5 Å². The second kappa shape index (κ2) is 6.56. The van der Waals surface area contributed by atoms with Gasteiger partial charge in [-0.15, -0.1) is 0 Å². The van der Waals surface area contributed by atoms with Crippen molar-refractivity contribution in [2.24, 2.45) is 0 Å². The Kier molecular flexibility index (Phi) is 5.71. The highest BCUT2D eigenvalue weighted by molar-refractivity contribution is 14.1. The van der Waals surface area contributed by atoms with Gasteiger partial charge in [0.2, 0.25) is 0 Å². The molecule has 1 N–H and O–H groups in total. The van der Waals surface area contributed by atoms with Crippen LogP contribution in [0.25, 0.3) is 0 Å². The summed E-state index contributed by atoms with van der Waals surface area (Å²) in [4.78, 5) is 11.9. The Morgan fingerprint density at radius 2 is 2.31 bits per heavy atom. The number of nitrogens with one attached hydrogen (secondary N) is 1. The monoisotopic (exact) mass is 397 g/mol. The molecule has 1 atom stereocenters. The van der Waals surface area contributed by atoms with Crippen molar-refractivity contribution in [2.45, 2.75) is 13.0 Å². The number of carbonyl (C=O) groups excluding carboxylic acids is 1. The largest absolute Gasteiger partial charge is 0.383 e. The average molecular weight is 398 g/mol. The van der Waals surface area contributed by atoms with Gasteiger partial charge < -0.3 is 10.1 Å². The Bertz CT molecular complexity index is 384. The molecule has 1 rings (SSSR count). The van der Waals surface area contributed by atoms with E-state index in [2.05, 4.69) is 43.8 Å². The van der Waals surface area contributed by atoms with Gasteiger partial charge >= 0.3 is 0 Å². The average Bonchev–Trinajstić information content (AvgIpc) is 2.21. The molecular weight excluding hydrogens is 385 g/mol. The van der Waals surface area contributed by atoms with Gasteiger partial charge in [-0.25, -0.2) is 0 Å². The zero-order chi connectivity index (χ0) is 12.1. The SMILES string of the molecule is COCC(C)NC(=O)c1cc(Br)ccc1I. The number of rotatable bonds is 4. The molecule has 1 amide bonds. The molecule has 1 aromatic rings. The maximum absolute atomic E-state index is 11.9. The number of benzene rings is 1. The van der Waals surface area contributed by atoms with Crippen molar-refractivity contribution in [1.29, 1.82) is 0 Å². The maximum atomic E-state index is 11.9. The van der Waals surface area contributed by atoms with E-state index < -0.39 is 0 Å². The van der Waals surface area contributed by atoms with Crippen molar-refractivity contribution >= 4 is 44.4 Å². The van der Waals surface area contributed by atoms with Gasteiger partial charge in [0, 0.05) is 21.2 Å². The van der Waals surface area contributed by atoms with Gasteiger partial charge in [0.1, 0.15) is 0 Å². The summed E-state index contributed by atoms with van der Waals surface area (Å²) in [7, 11) is 1.62. The normalized spacial score (nSPS) is 12.2. The lowest BCUT2D eigenvalue weighted by Gasteiger charge is -2.13. The Morgan fingerprint density at radius 1 is 1.62 bits per heavy atom. The molecule has 1 aromatic carbocycles. The molecule has 0 aromatic heterocycles. The molecule has 1 unspecified atom stereocenters. The Hall–Kier alpha value is -0.140. The first-order valence-corrected chi connectivity index (χ1v) is 6.66. The summed E-state index contributed by atoms with van der Waals surface area (Å²) in [6, 6.07) is 5.64. The first kappa shape index (κ1) is 13.9. The predicted octanol–water partition coefficient (Wildman–Crippen LogP) is 2.82. The van der Waals surface area contributed by atoms with Gasteiger partial charge in [-0.2, -0.15) is 0 Å². The number of carbonyl (C=O) groups is 1. The summed E-state index contributed by atoms with van der Waals surface area (Å²) in [5, 5.41) is 2.88. The van der Waals surface area contributed by atoms with Gasteiger partial charge in [0.05, 0.1) is 12.2 Å². The van der Waals surface area contributed by atoms with Gasteiger partial charge in [-0.1, -0.05) is 15.9 Å². The van der Waals surface area contributed by atoms with E-state index in [0.29, 0.717) is 12.2 Å². The van der Waals surface area contributed by atoms with Crippen LogP contribution in [-0.4, -0.2) is 25.7 Å².